The number of hydrogen-bond acceptors (Lipinski definition) is 3. The molecule has 4 aromatic rings. The third kappa shape index (κ3) is 6.14. The van der Waals surface area contributed by atoms with Crippen LogP contribution in [0.5, 0.6) is 0 Å². The van der Waals surface area contributed by atoms with E-state index < -0.39 is 23.6 Å². The lowest BCUT2D eigenvalue weighted by Crippen LogP contribution is -2.44. The Morgan fingerprint density at radius 2 is 1.59 bits per heavy atom. The summed E-state index contributed by atoms with van der Waals surface area (Å²) in [5.41, 5.74) is 3.90. The smallest absolute Gasteiger partial charge is 0.248 e. The van der Waals surface area contributed by atoms with E-state index in [1.165, 1.54) is 52.9 Å². The van der Waals surface area contributed by atoms with Gasteiger partial charge >= 0.3 is 0 Å². The van der Waals surface area contributed by atoms with Crippen LogP contribution in [-0.4, -0.2) is 24.9 Å². The van der Waals surface area contributed by atoms with Gasteiger partial charge in [-0.05, 0) is 59.5 Å². The SMILES string of the molecule is O=C(NCc1ccccc1)C(c1ccc(F)cc1)N(C(=O)CCN1CCc2ccccc21)c1cccc(F)c1. The van der Waals surface area contributed by atoms with Gasteiger partial charge in [0, 0.05) is 37.4 Å². The Hall–Kier alpha value is -4.52. The number of carbonyl (C=O) groups excluding carboxylic acids is 2. The zero-order valence-corrected chi connectivity index (χ0v) is 21.4. The molecule has 5 rings (SSSR count). The zero-order chi connectivity index (χ0) is 27.2. The van der Waals surface area contributed by atoms with Crippen molar-refractivity contribution in [2.45, 2.75) is 25.4 Å². The van der Waals surface area contributed by atoms with Crippen LogP contribution in [0.2, 0.25) is 0 Å². The molecule has 0 fully saturated rings. The van der Waals surface area contributed by atoms with Gasteiger partial charge in [0.2, 0.25) is 11.8 Å². The van der Waals surface area contributed by atoms with Crippen molar-refractivity contribution >= 4 is 23.2 Å². The largest absolute Gasteiger partial charge is 0.370 e. The van der Waals surface area contributed by atoms with Crippen LogP contribution in [0.15, 0.2) is 103 Å². The fourth-order valence-electron chi connectivity index (χ4n) is 5.00. The summed E-state index contributed by atoms with van der Waals surface area (Å²) < 4.78 is 28.2. The minimum absolute atomic E-state index is 0.106. The molecule has 0 saturated heterocycles. The summed E-state index contributed by atoms with van der Waals surface area (Å²) in [6.07, 6.45) is 1.01. The summed E-state index contributed by atoms with van der Waals surface area (Å²) in [7, 11) is 0. The van der Waals surface area contributed by atoms with Crippen molar-refractivity contribution in [1.29, 1.82) is 0 Å². The predicted molar refractivity (Wildman–Crippen MR) is 148 cm³/mol. The number of carbonyl (C=O) groups is 2. The Bertz CT molecular complexity index is 1440. The summed E-state index contributed by atoms with van der Waals surface area (Å²) in [5, 5.41) is 2.91. The molecule has 1 N–H and O–H groups in total. The number of hydrogen-bond donors (Lipinski definition) is 1. The molecule has 0 aliphatic carbocycles. The second-order valence-corrected chi connectivity index (χ2v) is 9.52. The van der Waals surface area contributed by atoms with Crippen LogP contribution < -0.4 is 15.1 Å². The molecule has 39 heavy (non-hydrogen) atoms. The minimum Gasteiger partial charge on any atom is -0.370 e. The number of benzene rings is 4. The van der Waals surface area contributed by atoms with Crippen molar-refractivity contribution < 1.29 is 18.4 Å². The molecule has 198 valence electrons. The molecular formula is C32H29F2N3O2. The molecule has 1 heterocycles. The molecule has 5 nitrogen and oxygen atoms in total. The lowest BCUT2D eigenvalue weighted by Gasteiger charge is -2.32. The van der Waals surface area contributed by atoms with E-state index in [0.29, 0.717) is 12.1 Å². The second-order valence-electron chi connectivity index (χ2n) is 9.52. The average Bonchev–Trinajstić information content (AvgIpc) is 3.37. The number of fused-ring (bicyclic) bond motifs is 1. The average molecular weight is 526 g/mol. The Morgan fingerprint density at radius 1 is 0.846 bits per heavy atom. The highest BCUT2D eigenvalue weighted by atomic mass is 19.1. The van der Waals surface area contributed by atoms with Crippen LogP contribution in [-0.2, 0) is 22.6 Å². The van der Waals surface area contributed by atoms with E-state index in [0.717, 1.165) is 24.2 Å². The standard InChI is InChI=1S/C32H29F2N3O2/c33-26-15-13-25(14-16-26)31(32(39)35-22-23-7-2-1-3-8-23)37(28-11-6-10-27(34)21-28)30(38)18-20-36-19-17-24-9-4-5-12-29(24)36/h1-16,21,31H,17-20,22H2,(H,35,39). The van der Waals surface area contributed by atoms with Crippen molar-refractivity contribution in [3.63, 3.8) is 0 Å². The quantitative estimate of drug-likeness (QED) is 0.300. The molecule has 0 spiro atoms. The third-order valence-electron chi connectivity index (χ3n) is 6.94. The van der Waals surface area contributed by atoms with Gasteiger partial charge in [0.05, 0.1) is 0 Å². The molecule has 0 bridgehead atoms. The molecule has 0 saturated carbocycles. The second kappa shape index (κ2) is 11.9. The van der Waals surface area contributed by atoms with Gasteiger partial charge < -0.3 is 10.2 Å². The maximum Gasteiger partial charge on any atom is 0.248 e. The summed E-state index contributed by atoms with van der Waals surface area (Å²) >= 11 is 0. The fourth-order valence-corrected chi connectivity index (χ4v) is 5.00. The Morgan fingerprint density at radius 3 is 2.36 bits per heavy atom. The van der Waals surface area contributed by atoms with Gasteiger partial charge in [0.1, 0.15) is 17.7 Å². The van der Waals surface area contributed by atoms with E-state index >= 15 is 0 Å². The number of rotatable bonds is 9. The van der Waals surface area contributed by atoms with Crippen LogP contribution in [0.4, 0.5) is 20.2 Å². The van der Waals surface area contributed by atoms with Crippen LogP contribution in [0.1, 0.15) is 29.2 Å². The molecule has 0 radical (unpaired) electrons. The van der Waals surface area contributed by atoms with E-state index in [2.05, 4.69) is 16.3 Å². The van der Waals surface area contributed by atoms with Crippen LogP contribution in [0, 0.1) is 11.6 Å². The van der Waals surface area contributed by atoms with Crippen LogP contribution in [0.25, 0.3) is 0 Å². The Labute approximate surface area is 226 Å². The monoisotopic (exact) mass is 525 g/mol. The minimum atomic E-state index is -1.13. The predicted octanol–water partition coefficient (Wildman–Crippen LogP) is 5.81. The van der Waals surface area contributed by atoms with Crippen LogP contribution in [0.3, 0.4) is 0 Å². The maximum absolute atomic E-state index is 14.4. The van der Waals surface area contributed by atoms with Crippen molar-refractivity contribution in [2.75, 3.05) is 22.9 Å². The topological polar surface area (TPSA) is 52.7 Å². The first kappa shape index (κ1) is 26.1. The molecule has 7 heteroatoms. The van der Waals surface area contributed by atoms with E-state index in [9.17, 15) is 18.4 Å². The van der Waals surface area contributed by atoms with E-state index in [1.54, 1.807) is 6.07 Å². The molecule has 2 amide bonds. The molecule has 4 aromatic carbocycles. The van der Waals surface area contributed by atoms with Gasteiger partial charge in [0.25, 0.3) is 0 Å². The fraction of sp³-hybridized carbons (Fsp3) is 0.188. The van der Waals surface area contributed by atoms with E-state index in [4.69, 9.17) is 0 Å². The van der Waals surface area contributed by atoms with Crippen molar-refractivity contribution in [1.82, 2.24) is 5.32 Å². The van der Waals surface area contributed by atoms with Gasteiger partial charge in [-0.2, -0.15) is 0 Å². The van der Waals surface area contributed by atoms with Crippen molar-refractivity contribution in [3.05, 3.63) is 131 Å². The van der Waals surface area contributed by atoms with Crippen LogP contribution >= 0.6 is 0 Å². The highest BCUT2D eigenvalue weighted by Crippen LogP contribution is 2.31. The number of anilines is 2. The van der Waals surface area contributed by atoms with Gasteiger partial charge in [0.15, 0.2) is 0 Å². The molecule has 1 atom stereocenters. The third-order valence-corrected chi connectivity index (χ3v) is 6.94. The lowest BCUT2D eigenvalue weighted by molar-refractivity contribution is -0.126. The summed E-state index contributed by atoms with van der Waals surface area (Å²) in [4.78, 5) is 31.1. The zero-order valence-electron chi connectivity index (χ0n) is 21.4. The van der Waals surface area contributed by atoms with E-state index in [-0.39, 0.29) is 24.6 Å². The number of para-hydroxylation sites is 1. The summed E-state index contributed by atoms with van der Waals surface area (Å²) in [5.74, 6) is -1.77. The molecule has 1 aliphatic rings. The van der Waals surface area contributed by atoms with E-state index in [1.807, 2.05) is 48.5 Å². The van der Waals surface area contributed by atoms with Gasteiger partial charge in [-0.25, -0.2) is 8.78 Å². The highest BCUT2D eigenvalue weighted by molar-refractivity contribution is 6.01. The van der Waals surface area contributed by atoms with Gasteiger partial charge in [-0.1, -0.05) is 66.7 Å². The number of halogens is 2. The molecular weight excluding hydrogens is 496 g/mol. The van der Waals surface area contributed by atoms with Gasteiger partial charge in [-0.15, -0.1) is 0 Å². The number of amides is 2. The number of nitrogens with zero attached hydrogens (tertiary/aromatic N) is 2. The molecule has 0 aromatic heterocycles. The van der Waals surface area contributed by atoms with Crippen molar-refractivity contribution in [2.24, 2.45) is 0 Å². The molecule has 1 unspecified atom stereocenters. The maximum atomic E-state index is 14.4. The van der Waals surface area contributed by atoms with Gasteiger partial charge in [-0.3, -0.25) is 14.5 Å². The first-order valence-electron chi connectivity index (χ1n) is 13.0. The molecule has 1 aliphatic heterocycles. The number of nitrogens with one attached hydrogen (secondary N) is 1. The Kier molecular flexibility index (Phi) is 7.96. The first-order valence-corrected chi connectivity index (χ1v) is 13.0. The first-order chi connectivity index (χ1) is 19.0. The lowest BCUT2D eigenvalue weighted by atomic mass is 10.0. The highest BCUT2D eigenvalue weighted by Gasteiger charge is 2.33. The summed E-state index contributed by atoms with van der Waals surface area (Å²) in [6, 6.07) is 27.5. The summed E-state index contributed by atoms with van der Waals surface area (Å²) in [6.45, 7) is 1.49. The van der Waals surface area contributed by atoms with Crippen molar-refractivity contribution in [3.8, 4) is 0 Å². The normalized spacial score (nSPS) is 13.0. The Balaban J connectivity index is 1.46.